The number of benzene rings is 2. The van der Waals surface area contributed by atoms with Crippen LogP contribution in [-0.4, -0.2) is 42.2 Å². The molecular formula is C20H24N2O3. The zero-order chi connectivity index (χ0) is 17.5. The van der Waals surface area contributed by atoms with Gasteiger partial charge in [-0.2, -0.15) is 0 Å². The van der Waals surface area contributed by atoms with E-state index in [2.05, 4.69) is 10.2 Å². The third kappa shape index (κ3) is 5.31. The number of aliphatic hydroxyl groups is 1. The normalized spacial score (nSPS) is 17.4. The molecule has 0 aromatic heterocycles. The van der Waals surface area contributed by atoms with Gasteiger partial charge in [0.2, 0.25) is 5.91 Å². The predicted octanol–water partition coefficient (Wildman–Crippen LogP) is 2.52. The summed E-state index contributed by atoms with van der Waals surface area (Å²) in [5, 5.41) is 12.1. The van der Waals surface area contributed by atoms with Gasteiger partial charge in [-0.05, 0) is 48.7 Å². The summed E-state index contributed by atoms with van der Waals surface area (Å²) in [6.45, 7) is 2.74. The fourth-order valence-corrected chi connectivity index (χ4v) is 2.98. The summed E-state index contributed by atoms with van der Waals surface area (Å²) in [5.41, 5.74) is 1.88. The molecule has 1 saturated heterocycles. The standard InChI is InChI=1S/C20H24N2O3/c23-14-17-10-11-22(12-17)13-20(24)21-18-6-8-19(9-7-18)25-15-16-4-2-1-3-5-16/h1-9,17,23H,10-15H2,(H,21,24). The minimum atomic E-state index is -0.0310. The summed E-state index contributed by atoms with van der Waals surface area (Å²) >= 11 is 0. The molecule has 25 heavy (non-hydrogen) atoms. The van der Waals surface area contributed by atoms with Crippen LogP contribution in [0.3, 0.4) is 0 Å². The molecule has 2 aromatic rings. The number of anilines is 1. The van der Waals surface area contributed by atoms with Gasteiger partial charge >= 0.3 is 0 Å². The number of rotatable bonds is 7. The zero-order valence-electron chi connectivity index (χ0n) is 14.2. The average molecular weight is 340 g/mol. The van der Waals surface area contributed by atoms with E-state index < -0.39 is 0 Å². The van der Waals surface area contributed by atoms with Crippen molar-refractivity contribution in [2.75, 3.05) is 31.6 Å². The number of aliphatic hydroxyl groups excluding tert-OH is 1. The van der Waals surface area contributed by atoms with Crippen molar-refractivity contribution in [3.8, 4) is 5.75 Å². The quantitative estimate of drug-likeness (QED) is 0.813. The van der Waals surface area contributed by atoms with Crippen LogP contribution in [-0.2, 0) is 11.4 Å². The van der Waals surface area contributed by atoms with E-state index in [9.17, 15) is 4.79 Å². The molecule has 0 spiro atoms. The van der Waals surface area contributed by atoms with E-state index in [-0.39, 0.29) is 12.5 Å². The lowest BCUT2D eigenvalue weighted by Gasteiger charge is -2.15. The third-order valence-electron chi connectivity index (χ3n) is 4.38. The molecular weight excluding hydrogens is 316 g/mol. The molecule has 0 aliphatic carbocycles. The van der Waals surface area contributed by atoms with Crippen molar-refractivity contribution in [1.29, 1.82) is 0 Å². The van der Waals surface area contributed by atoms with Crippen LogP contribution < -0.4 is 10.1 Å². The molecule has 0 radical (unpaired) electrons. The van der Waals surface area contributed by atoms with Crippen LogP contribution in [0.25, 0.3) is 0 Å². The highest BCUT2D eigenvalue weighted by molar-refractivity contribution is 5.92. The smallest absolute Gasteiger partial charge is 0.238 e. The lowest BCUT2D eigenvalue weighted by Crippen LogP contribution is -2.31. The summed E-state index contributed by atoms with van der Waals surface area (Å²) in [5.74, 6) is 1.04. The topological polar surface area (TPSA) is 61.8 Å². The van der Waals surface area contributed by atoms with Gasteiger partial charge in [0, 0.05) is 18.8 Å². The first kappa shape index (κ1) is 17.5. The molecule has 2 N–H and O–H groups in total. The van der Waals surface area contributed by atoms with Gasteiger partial charge in [-0.25, -0.2) is 0 Å². The molecule has 1 heterocycles. The van der Waals surface area contributed by atoms with E-state index in [4.69, 9.17) is 9.84 Å². The molecule has 2 aromatic carbocycles. The van der Waals surface area contributed by atoms with Gasteiger partial charge in [-0.15, -0.1) is 0 Å². The molecule has 1 unspecified atom stereocenters. The van der Waals surface area contributed by atoms with Crippen molar-refractivity contribution in [3.05, 3.63) is 60.2 Å². The fraction of sp³-hybridized carbons (Fsp3) is 0.350. The molecule has 132 valence electrons. The third-order valence-corrected chi connectivity index (χ3v) is 4.38. The van der Waals surface area contributed by atoms with Crippen LogP contribution in [0.5, 0.6) is 5.75 Å². The number of hydrogen-bond donors (Lipinski definition) is 2. The number of carbonyl (C=O) groups is 1. The lowest BCUT2D eigenvalue weighted by molar-refractivity contribution is -0.117. The van der Waals surface area contributed by atoms with Crippen molar-refractivity contribution in [3.63, 3.8) is 0 Å². The second-order valence-corrected chi connectivity index (χ2v) is 6.42. The minimum absolute atomic E-state index is 0.0310. The monoisotopic (exact) mass is 340 g/mol. The molecule has 3 rings (SSSR count). The van der Waals surface area contributed by atoms with E-state index in [1.165, 1.54) is 0 Å². The Balaban J connectivity index is 1.45. The van der Waals surface area contributed by atoms with E-state index in [1.54, 1.807) is 0 Å². The molecule has 0 bridgehead atoms. The maximum absolute atomic E-state index is 12.1. The van der Waals surface area contributed by atoms with Gasteiger partial charge < -0.3 is 15.2 Å². The highest BCUT2D eigenvalue weighted by atomic mass is 16.5. The molecule has 1 aliphatic rings. The molecule has 1 fully saturated rings. The van der Waals surface area contributed by atoms with Gasteiger partial charge in [0.05, 0.1) is 6.54 Å². The van der Waals surface area contributed by atoms with Crippen LogP contribution >= 0.6 is 0 Å². The highest BCUT2D eigenvalue weighted by Crippen LogP contribution is 2.18. The molecule has 1 aliphatic heterocycles. The Morgan fingerprint density at radius 1 is 1.16 bits per heavy atom. The van der Waals surface area contributed by atoms with Gasteiger partial charge in [0.15, 0.2) is 0 Å². The van der Waals surface area contributed by atoms with Crippen LogP contribution in [0.1, 0.15) is 12.0 Å². The van der Waals surface area contributed by atoms with E-state index >= 15 is 0 Å². The molecule has 1 atom stereocenters. The van der Waals surface area contributed by atoms with E-state index in [0.29, 0.717) is 19.1 Å². The minimum Gasteiger partial charge on any atom is -0.489 e. The van der Waals surface area contributed by atoms with Crippen molar-refractivity contribution < 1.29 is 14.6 Å². The molecule has 1 amide bonds. The summed E-state index contributed by atoms with van der Waals surface area (Å²) < 4.78 is 5.74. The Morgan fingerprint density at radius 3 is 2.60 bits per heavy atom. The summed E-state index contributed by atoms with van der Waals surface area (Å²) in [6, 6.07) is 17.4. The maximum atomic E-state index is 12.1. The van der Waals surface area contributed by atoms with E-state index in [0.717, 1.165) is 36.5 Å². The Kier molecular flexibility index (Phi) is 6.04. The van der Waals surface area contributed by atoms with Crippen molar-refractivity contribution >= 4 is 11.6 Å². The first-order valence-corrected chi connectivity index (χ1v) is 8.63. The number of nitrogens with zero attached hydrogens (tertiary/aromatic N) is 1. The molecule has 5 nitrogen and oxygen atoms in total. The van der Waals surface area contributed by atoms with Gasteiger partial charge in [0.1, 0.15) is 12.4 Å². The number of nitrogens with one attached hydrogen (secondary N) is 1. The predicted molar refractivity (Wildman–Crippen MR) is 97.5 cm³/mol. The number of carbonyl (C=O) groups excluding carboxylic acids is 1. The SMILES string of the molecule is O=C(CN1CCC(CO)C1)Nc1ccc(OCc2ccccc2)cc1. The van der Waals surface area contributed by atoms with Crippen LogP contribution in [0.15, 0.2) is 54.6 Å². The lowest BCUT2D eigenvalue weighted by atomic mass is 10.1. The first-order chi connectivity index (χ1) is 12.2. The second kappa shape index (κ2) is 8.65. The van der Waals surface area contributed by atoms with Crippen LogP contribution in [0, 0.1) is 5.92 Å². The first-order valence-electron chi connectivity index (χ1n) is 8.63. The maximum Gasteiger partial charge on any atom is 0.238 e. The van der Waals surface area contributed by atoms with Crippen LogP contribution in [0.4, 0.5) is 5.69 Å². The summed E-state index contributed by atoms with van der Waals surface area (Å²) in [4.78, 5) is 14.2. The van der Waals surface area contributed by atoms with E-state index in [1.807, 2.05) is 54.6 Å². The second-order valence-electron chi connectivity index (χ2n) is 6.42. The number of hydrogen-bond acceptors (Lipinski definition) is 4. The Morgan fingerprint density at radius 2 is 1.92 bits per heavy atom. The van der Waals surface area contributed by atoms with Crippen LogP contribution in [0.2, 0.25) is 0 Å². The van der Waals surface area contributed by atoms with Crippen molar-refractivity contribution in [2.24, 2.45) is 5.92 Å². The highest BCUT2D eigenvalue weighted by Gasteiger charge is 2.23. The Labute approximate surface area is 148 Å². The zero-order valence-corrected chi connectivity index (χ0v) is 14.2. The number of amides is 1. The largest absolute Gasteiger partial charge is 0.489 e. The summed E-state index contributed by atoms with van der Waals surface area (Å²) in [7, 11) is 0. The summed E-state index contributed by atoms with van der Waals surface area (Å²) in [6.07, 6.45) is 0.956. The fourth-order valence-electron chi connectivity index (χ4n) is 2.98. The average Bonchev–Trinajstić information content (AvgIpc) is 3.09. The Bertz CT molecular complexity index is 673. The van der Waals surface area contributed by atoms with Gasteiger partial charge in [-0.1, -0.05) is 30.3 Å². The van der Waals surface area contributed by atoms with Gasteiger partial charge in [0.25, 0.3) is 0 Å². The van der Waals surface area contributed by atoms with Crippen molar-refractivity contribution in [1.82, 2.24) is 4.90 Å². The Hall–Kier alpha value is -2.37. The number of likely N-dealkylation sites (tertiary alicyclic amines) is 1. The molecule has 0 saturated carbocycles. The van der Waals surface area contributed by atoms with Gasteiger partial charge in [-0.3, -0.25) is 9.69 Å². The number of ether oxygens (including phenoxy) is 1. The van der Waals surface area contributed by atoms with Crippen molar-refractivity contribution in [2.45, 2.75) is 13.0 Å². The molecule has 5 heteroatoms.